The van der Waals surface area contributed by atoms with Crippen LogP contribution in [0.4, 0.5) is 0 Å². The van der Waals surface area contributed by atoms with E-state index < -0.39 is 27.7 Å². The third kappa shape index (κ3) is 12.5. The molecule has 0 aliphatic heterocycles. The first kappa shape index (κ1) is 37.7. The van der Waals surface area contributed by atoms with Gasteiger partial charge in [0.15, 0.2) is 5.69 Å². The van der Waals surface area contributed by atoms with Gasteiger partial charge in [-0.2, -0.15) is 17.7 Å². The summed E-state index contributed by atoms with van der Waals surface area (Å²) in [6.07, 6.45) is 3.02. The van der Waals surface area contributed by atoms with Crippen molar-refractivity contribution in [1.29, 1.82) is 0 Å². The molecule has 0 radical (unpaired) electrons. The minimum Gasteiger partial charge on any atom is -0.355 e. The molecule has 0 atom stereocenters. The number of aryl methyl sites for hydroxylation is 1. The van der Waals surface area contributed by atoms with Crippen LogP contribution in [0.5, 0.6) is 0 Å². The van der Waals surface area contributed by atoms with Crippen LogP contribution in [-0.2, 0) is 29.2 Å². The molecule has 0 saturated carbocycles. The SMILES string of the molecule is Cc1ccc(-c2cc(C(=O)NCCCCCCNC(=O)CNC(=O)CNC(=O)CNC(=O)CS)nn2-c2ccc(S(N)(=O)=O)cc2)cc1. The fraction of sp³-hybridized carbons (Fsp3) is 0.355. The van der Waals surface area contributed by atoms with E-state index in [-0.39, 0.29) is 47.8 Å². The summed E-state index contributed by atoms with van der Waals surface area (Å²) in [6, 6.07) is 15.3. The normalized spacial score (nSPS) is 11.0. The smallest absolute Gasteiger partial charge is 0.271 e. The van der Waals surface area contributed by atoms with E-state index in [0.29, 0.717) is 37.3 Å². The highest BCUT2D eigenvalue weighted by Crippen LogP contribution is 2.25. The van der Waals surface area contributed by atoms with Gasteiger partial charge in [-0.3, -0.25) is 24.0 Å². The average molecular weight is 701 g/mol. The number of nitrogens with one attached hydrogen (secondary N) is 5. The zero-order chi connectivity index (χ0) is 35.1. The average Bonchev–Trinajstić information content (AvgIpc) is 3.52. The summed E-state index contributed by atoms with van der Waals surface area (Å²) in [5, 5.41) is 22.4. The first-order valence-electron chi connectivity index (χ1n) is 15.1. The molecule has 0 unspecified atom stereocenters. The van der Waals surface area contributed by atoms with Crippen molar-refractivity contribution in [2.75, 3.05) is 38.5 Å². The Kier molecular flexibility index (Phi) is 14.6. The molecule has 7 N–H and O–H groups in total. The summed E-state index contributed by atoms with van der Waals surface area (Å²) >= 11 is 3.77. The third-order valence-electron chi connectivity index (χ3n) is 6.89. The van der Waals surface area contributed by atoms with Crippen molar-refractivity contribution in [2.24, 2.45) is 5.14 Å². The highest BCUT2D eigenvalue weighted by molar-refractivity contribution is 7.89. The molecule has 17 heteroatoms. The number of aromatic nitrogens is 2. The Morgan fingerprint density at radius 1 is 0.729 bits per heavy atom. The number of rotatable bonds is 18. The van der Waals surface area contributed by atoms with Gasteiger partial charge in [0, 0.05) is 18.7 Å². The van der Waals surface area contributed by atoms with Crippen LogP contribution in [0, 0.1) is 6.92 Å². The van der Waals surface area contributed by atoms with Crippen LogP contribution in [0.2, 0.25) is 0 Å². The number of unbranched alkanes of at least 4 members (excludes halogenated alkanes) is 3. The van der Waals surface area contributed by atoms with Crippen LogP contribution in [0.3, 0.4) is 0 Å². The van der Waals surface area contributed by atoms with E-state index in [1.54, 1.807) is 22.9 Å². The van der Waals surface area contributed by atoms with Crippen LogP contribution in [0.15, 0.2) is 59.5 Å². The summed E-state index contributed by atoms with van der Waals surface area (Å²) in [5.74, 6) is -2.27. The second-order valence-electron chi connectivity index (χ2n) is 10.7. The van der Waals surface area contributed by atoms with Crippen LogP contribution in [-0.4, -0.2) is 86.2 Å². The van der Waals surface area contributed by atoms with Crippen molar-refractivity contribution in [1.82, 2.24) is 36.4 Å². The molecule has 3 rings (SSSR count). The Bertz CT molecular complexity index is 1690. The van der Waals surface area contributed by atoms with E-state index >= 15 is 0 Å². The maximum Gasteiger partial charge on any atom is 0.271 e. The third-order valence-corrected chi connectivity index (χ3v) is 8.11. The van der Waals surface area contributed by atoms with Gasteiger partial charge in [-0.25, -0.2) is 18.2 Å². The quantitative estimate of drug-likeness (QED) is 0.0715. The minimum absolute atomic E-state index is 0.0333. The lowest BCUT2D eigenvalue weighted by Crippen LogP contribution is -2.44. The lowest BCUT2D eigenvalue weighted by Gasteiger charge is -2.09. The molecule has 0 saturated heterocycles. The molecule has 15 nitrogen and oxygen atoms in total. The van der Waals surface area contributed by atoms with Gasteiger partial charge < -0.3 is 26.6 Å². The van der Waals surface area contributed by atoms with Gasteiger partial charge in [-0.15, -0.1) is 0 Å². The van der Waals surface area contributed by atoms with Gasteiger partial charge in [0.1, 0.15) is 0 Å². The molecule has 0 fully saturated rings. The van der Waals surface area contributed by atoms with Crippen molar-refractivity contribution in [2.45, 2.75) is 37.5 Å². The van der Waals surface area contributed by atoms with E-state index in [0.717, 1.165) is 24.0 Å². The van der Waals surface area contributed by atoms with Gasteiger partial charge >= 0.3 is 0 Å². The van der Waals surface area contributed by atoms with Crippen molar-refractivity contribution in [3.05, 3.63) is 65.9 Å². The summed E-state index contributed by atoms with van der Waals surface area (Å²) in [7, 11) is -3.86. The fourth-order valence-corrected chi connectivity index (χ4v) is 4.93. The highest BCUT2D eigenvalue weighted by atomic mass is 32.2. The molecule has 5 amide bonds. The number of carbonyl (C=O) groups is 5. The van der Waals surface area contributed by atoms with Crippen LogP contribution >= 0.6 is 12.6 Å². The molecule has 48 heavy (non-hydrogen) atoms. The number of thiol groups is 1. The van der Waals surface area contributed by atoms with Crippen LogP contribution in [0.25, 0.3) is 16.9 Å². The number of benzene rings is 2. The number of nitrogens with zero attached hydrogens (tertiary/aromatic N) is 2. The molecule has 0 bridgehead atoms. The summed E-state index contributed by atoms with van der Waals surface area (Å²) in [6.45, 7) is 1.97. The van der Waals surface area contributed by atoms with E-state index in [4.69, 9.17) is 5.14 Å². The van der Waals surface area contributed by atoms with Crippen molar-refractivity contribution >= 4 is 52.2 Å². The standard InChI is InChI=1S/C31H40N8O7S2/c1-21-6-8-22(9-7-21)26-16-25(38-39(26)23-10-12-24(13-11-23)48(32,45)46)31(44)34-15-5-3-2-4-14-33-27(40)17-35-28(41)18-36-29(42)19-37-30(43)20-47/h6-13,16,47H,2-5,14-15,17-20H2,1H3,(H,33,40)(H,34,44)(H,35,41)(H,36,42)(H,37,43)(H2,32,45,46). The molecule has 1 heterocycles. The monoisotopic (exact) mass is 700 g/mol. The number of nitrogens with two attached hydrogens (primary N) is 1. The first-order chi connectivity index (χ1) is 22.9. The Hall–Kier alpha value is -4.74. The number of hydrogen-bond acceptors (Lipinski definition) is 9. The van der Waals surface area contributed by atoms with Crippen molar-refractivity contribution in [3.63, 3.8) is 0 Å². The molecule has 0 aliphatic rings. The van der Waals surface area contributed by atoms with E-state index in [1.807, 2.05) is 31.2 Å². The molecule has 2 aromatic carbocycles. The predicted octanol–water partition coefficient (Wildman–Crippen LogP) is 0.180. The van der Waals surface area contributed by atoms with Gasteiger partial charge in [0.05, 0.1) is 41.7 Å². The molecule has 258 valence electrons. The predicted molar refractivity (Wildman–Crippen MR) is 182 cm³/mol. The fourth-order valence-electron chi connectivity index (χ4n) is 4.30. The maximum absolute atomic E-state index is 13.0. The van der Waals surface area contributed by atoms with E-state index in [1.165, 1.54) is 12.1 Å². The highest BCUT2D eigenvalue weighted by Gasteiger charge is 2.18. The van der Waals surface area contributed by atoms with Crippen LogP contribution in [0.1, 0.15) is 41.7 Å². The number of carbonyl (C=O) groups excluding carboxylic acids is 5. The van der Waals surface area contributed by atoms with Gasteiger partial charge in [-0.05, 0) is 50.1 Å². The topological polar surface area (TPSA) is 223 Å². The molecule has 3 aromatic rings. The maximum atomic E-state index is 13.0. The van der Waals surface area contributed by atoms with Gasteiger partial charge in [0.25, 0.3) is 5.91 Å². The van der Waals surface area contributed by atoms with Gasteiger partial charge in [-0.1, -0.05) is 42.7 Å². The Labute approximate surface area is 284 Å². The largest absolute Gasteiger partial charge is 0.355 e. The summed E-state index contributed by atoms with van der Waals surface area (Å²) in [4.78, 5) is 59.4. The zero-order valence-electron chi connectivity index (χ0n) is 26.5. The molecule has 0 aliphatic carbocycles. The first-order valence-corrected chi connectivity index (χ1v) is 17.3. The number of primary sulfonamides is 1. The van der Waals surface area contributed by atoms with Crippen LogP contribution < -0.4 is 31.7 Å². The van der Waals surface area contributed by atoms with Crippen molar-refractivity contribution < 1.29 is 32.4 Å². The Balaban J connectivity index is 1.38. The van der Waals surface area contributed by atoms with Gasteiger partial charge in [0.2, 0.25) is 33.7 Å². The lowest BCUT2D eigenvalue weighted by atomic mass is 10.1. The Morgan fingerprint density at radius 3 is 1.79 bits per heavy atom. The Morgan fingerprint density at radius 2 is 1.25 bits per heavy atom. The zero-order valence-corrected chi connectivity index (χ0v) is 28.2. The molecular formula is C31H40N8O7S2. The molecule has 1 aromatic heterocycles. The summed E-state index contributed by atoms with van der Waals surface area (Å²) in [5.41, 5.74) is 3.32. The minimum atomic E-state index is -3.86. The summed E-state index contributed by atoms with van der Waals surface area (Å²) < 4.78 is 25.0. The lowest BCUT2D eigenvalue weighted by molar-refractivity contribution is -0.128. The van der Waals surface area contributed by atoms with E-state index in [2.05, 4.69) is 44.3 Å². The molecular weight excluding hydrogens is 661 g/mol. The number of sulfonamides is 1. The number of amides is 5. The van der Waals surface area contributed by atoms with Crippen molar-refractivity contribution in [3.8, 4) is 16.9 Å². The second-order valence-corrected chi connectivity index (χ2v) is 12.6. The van der Waals surface area contributed by atoms with E-state index in [9.17, 15) is 32.4 Å². The second kappa shape index (κ2) is 18.6. The number of hydrogen-bond donors (Lipinski definition) is 7. The molecule has 0 spiro atoms.